The van der Waals surface area contributed by atoms with Crippen LogP contribution in [0.1, 0.15) is 29.0 Å². The minimum Gasteiger partial charge on any atom is -0.486 e. The summed E-state index contributed by atoms with van der Waals surface area (Å²) in [6.07, 6.45) is 4.08. The number of carbonyl (C=O) groups excluding carboxylic acids is 1. The van der Waals surface area contributed by atoms with Crippen LogP contribution in [0.25, 0.3) is 0 Å². The fraction of sp³-hybridized carbons (Fsp3) is 0.500. The summed E-state index contributed by atoms with van der Waals surface area (Å²) in [7, 11) is 0. The second kappa shape index (κ2) is 9.13. The molecule has 1 N–H and O–H groups in total. The number of fused-ring (bicyclic) bond motifs is 2. The maximum Gasteiger partial charge on any atom is 0.246 e. The average Bonchev–Trinajstić information content (AvgIpc) is 3.24. The second-order valence-electron chi connectivity index (χ2n) is 9.83. The van der Waals surface area contributed by atoms with Crippen molar-refractivity contribution in [2.75, 3.05) is 62.7 Å². The topological polar surface area (TPSA) is 83.1 Å². The van der Waals surface area contributed by atoms with Crippen LogP contribution in [0.5, 0.6) is 5.75 Å². The van der Waals surface area contributed by atoms with Crippen molar-refractivity contribution < 1.29 is 14.3 Å². The Bertz CT molecular complexity index is 1140. The van der Waals surface area contributed by atoms with Crippen LogP contribution in [-0.2, 0) is 16.1 Å². The molecule has 35 heavy (non-hydrogen) atoms. The molecule has 0 radical (unpaired) electrons. The van der Waals surface area contributed by atoms with Gasteiger partial charge in [0.2, 0.25) is 5.91 Å². The van der Waals surface area contributed by atoms with Gasteiger partial charge >= 0.3 is 0 Å². The van der Waals surface area contributed by atoms with Crippen LogP contribution in [-0.4, -0.2) is 84.2 Å². The van der Waals surface area contributed by atoms with Gasteiger partial charge in [-0.25, -0.2) is 9.97 Å². The molecule has 3 saturated heterocycles. The number of nitrogens with zero attached hydrogens (tertiary/aromatic N) is 5. The first-order valence-corrected chi connectivity index (χ1v) is 12.5. The molecule has 0 bridgehead atoms. The summed E-state index contributed by atoms with van der Waals surface area (Å²) in [6, 6.07) is 4.92. The number of ether oxygens (including phenoxy) is 2. The van der Waals surface area contributed by atoms with Gasteiger partial charge in [0.25, 0.3) is 0 Å². The molecule has 9 nitrogen and oxygen atoms in total. The predicted molar refractivity (Wildman–Crippen MR) is 133 cm³/mol. The number of rotatable bonds is 4. The van der Waals surface area contributed by atoms with Crippen molar-refractivity contribution in [3.63, 3.8) is 0 Å². The standard InChI is InChI=1S/C26H32N6O3/c1-3-23(33)31-5-4-20(14-31)32-12-19(13-32)18-10-17(2)24-22(11-18)29-25-21(15-35-24)26(28-16-27-25)30-6-8-34-9-7-30/h3,10-11,16,19-20H,1,4-9,12-15H2,2H3,(H,27,28,29)/t20-/m1/s1. The van der Waals surface area contributed by atoms with Crippen LogP contribution < -0.4 is 15.0 Å². The summed E-state index contributed by atoms with van der Waals surface area (Å²) in [6.45, 7) is 12.9. The van der Waals surface area contributed by atoms with Gasteiger partial charge in [-0.05, 0) is 36.6 Å². The van der Waals surface area contributed by atoms with E-state index in [9.17, 15) is 4.79 Å². The molecule has 1 amide bonds. The summed E-state index contributed by atoms with van der Waals surface area (Å²) >= 11 is 0. The fourth-order valence-electron chi connectivity index (χ4n) is 5.68. The van der Waals surface area contributed by atoms with Crippen molar-refractivity contribution in [1.82, 2.24) is 19.8 Å². The third kappa shape index (κ3) is 4.12. The Labute approximate surface area is 205 Å². The van der Waals surface area contributed by atoms with Gasteiger partial charge in [-0.1, -0.05) is 12.6 Å². The van der Waals surface area contributed by atoms with E-state index >= 15 is 0 Å². The highest BCUT2D eigenvalue weighted by molar-refractivity contribution is 5.87. The molecule has 0 unspecified atom stereocenters. The molecule has 3 fully saturated rings. The largest absolute Gasteiger partial charge is 0.486 e. The molecular weight excluding hydrogens is 444 g/mol. The van der Waals surface area contributed by atoms with E-state index in [1.807, 2.05) is 4.90 Å². The molecule has 1 aromatic carbocycles. The molecule has 0 saturated carbocycles. The smallest absolute Gasteiger partial charge is 0.246 e. The van der Waals surface area contributed by atoms with Crippen molar-refractivity contribution in [2.45, 2.75) is 31.9 Å². The third-order valence-electron chi connectivity index (χ3n) is 7.69. The number of morpholine rings is 1. The number of anilines is 3. The Morgan fingerprint density at radius 1 is 1.17 bits per heavy atom. The van der Waals surface area contributed by atoms with E-state index in [0.29, 0.717) is 31.8 Å². The predicted octanol–water partition coefficient (Wildman–Crippen LogP) is 2.44. The number of hydrogen-bond donors (Lipinski definition) is 1. The van der Waals surface area contributed by atoms with Crippen LogP contribution in [0.3, 0.4) is 0 Å². The first kappa shape index (κ1) is 22.3. The lowest BCUT2D eigenvalue weighted by Crippen LogP contribution is -2.51. The van der Waals surface area contributed by atoms with Gasteiger partial charge in [-0.15, -0.1) is 0 Å². The van der Waals surface area contributed by atoms with E-state index in [-0.39, 0.29) is 5.91 Å². The molecule has 1 atom stereocenters. The zero-order valence-corrected chi connectivity index (χ0v) is 20.2. The van der Waals surface area contributed by atoms with Gasteiger partial charge in [0.1, 0.15) is 30.3 Å². The van der Waals surface area contributed by atoms with Gasteiger partial charge in [0.15, 0.2) is 0 Å². The Kier molecular flexibility index (Phi) is 5.82. The Morgan fingerprint density at radius 3 is 2.80 bits per heavy atom. The van der Waals surface area contributed by atoms with Crippen LogP contribution >= 0.6 is 0 Å². The number of carbonyl (C=O) groups is 1. The Hall–Kier alpha value is -3.17. The minimum absolute atomic E-state index is 0.0397. The molecule has 5 heterocycles. The van der Waals surface area contributed by atoms with Crippen LogP contribution in [0, 0.1) is 6.92 Å². The lowest BCUT2D eigenvalue weighted by atomic mass is 9.88. The van der Waals surface area contributed by atoms with Gasteiger partial charge in [0, 0.05) is 51.2 Å². The lowest BCUT2D eigenvalue weighted by molar-refractivity contribution is -0.125. The van der Waals surface area contributed by atoms with Crippen molar-refractivity contribution in [2.24, 2.45) is 0 Å². The zero-order chi connectivity index (χ0) is 23.9. The van der Waals surface area contributed by atoms with E-state index < -0.39 is 0 Å². The average molecular weight is 477 g/mol. The van der Waals surface area contributed by atoms with Crippen LogP contribution in [0.2, 0.25) is 0 Å². The molecule has 4 aliphatic rings. The first-order chi connectivity index (χ1) is 17.1. The summed E-state index contributed by atoms with van der Waals surface area (Å²) in [5.74, 6) is 3.13. The van der Waals surface area contributed by atoms with Gasteiger partial charge in [-0.3, -0.25) is 9.69 Å². The van der Waals surface area contributed by atoms with Gasteiger partial charge < -0.3 is 24.6 Å². The number of benzene rings is 1. The normalized spacial score (nSPS) is 22.4. The van der Waals surface area contributed by atoms with E-state index in [2.05, 4.69) is 50.7 Å². The summed E-state index contributed by atoms with van der Waals surface area (Å²) in [5.41, 5.74) is 4.39. The van der Waals surface area contributed by atoms with E-state index in [4.69, 9.17) is 9.47 Å². The first-order valence-electron chi connectivity index (χ1n) is 12.5. The molecule has 184 valence electrons. The summed E-state index contributed by atoms with van der Waals surface area (Å²) < 4.78 is 11.8. The molecule has 1 aromatic heterocycles. The zero-order valence-electron chi connectivity index (χ0n) is 20.2. The number of nitrogens with one attached hydrogen (secondary N) is 1. The quantitative estimate of drug-likeness (QED) is 0.674. The minimum atomic E-state index is 0.0397. The number of likely N-dealkylation sites (tertiary alicyclic amines) is 2. The Balaban J connectivity index is 1.18. The molecule has 0 aliphatic carbocycles. The Morgan fingerprint density at radius 2 is 2.00 bits per heavy atom. The monoisotopic (exact) mass is 476 g/mol. The second-order valence-corrected chi connectivity index (χ2v) is 9.83. The van der Waals surface area contributed by atoms with Gasteiger partial charge in [-0.2, -0.15) is 0 Å². The maximum absolute atomic E-state index is 11.9. The summed E-state index contributed by atoms with van der Waals surface area (Å²) in [5, 5.41) is 3.56. The number of aromatic nitrogens is 2. The lowest BCUT2D eigenvalue weighted by Gasteiger charge is -2.43. The van der Waals surface area contributed by atoms with Crippen molar-refractivity contribution in [1.29, 1.82) is 0 Å². The summed E-state index contributed by atoms with van der Waals surface area (Å²) in [4.78, 5) is 27.7. The number of aryl methyl sites for hydroxylation is 1. The third-order valence-corrected chi connectivity index (χ3v) is 7.69. The maximum atomic E-state index is 11.9. The molecular formula is C26H32N6O3. The van der Waals surface area contributed by atoms with Crippen molar-refractivity contribution in [3.8, 4) is 5.75 Å². The molecule has 9 heteroatoms. The van der Waals surface area contributed by atoms with Crippen molar-refractivity contribution >= 4 is 23.2 Å². The highest BCUT2D eigenvalue weighted by Crippen LogP contribution is 2.41. The SMILES string of the molecule is C=CC(=O)N1CC[C@@H](N2CC(c3cc(C)c4c(c3)Nc3ncnc(N5CCOCC5)c3CO4)C2)C1. The number of amides is 1. The van der Waals surface area contributed by atoms with Crippen LogP contribution in [0.4, 0.5) is 17.3 Å². The van der Waals surface area contributed by atoms with E-state index in [1.165, 1.54) is 11.6 Å². The van der Waals surface area contributed by atoms with Crippen molar-refractivity contribution in [3.05, 3.63) is 47.8 Å². The van der Waals surface area contributed by atoms with E-state index in [0.717, 1.165) is 79.9 Å². The highest BCUT2D eigenvalue weighted by Gasteiger charge is 2.38. The van der Waals surface area contributed by atoms with Gasteiger partial charge in [0.05, 0.1) is 24.5 Å². The molecule has 4 aliphatic heterocycles. The van der Waals surface area contributed by atoms with E-state index in [1.54, 1.807) is 6.33 Å². The molecule has 2 aromatic rings. The molecule has 6 rings (SSSR count). The molecule has 0 spiro atoms. The fourth-order valence-corrected chi connectivity index (χ4v) is 5.68. The number of hydrogen-bond acceptors (Lipinski definition) is 8. The van der Waals surface area contributed by atoms with Crippen LogP contribution in [0.15, 0.2) is 31.1 Å². The highest BCUT2D eigenvalue weighted by atomic mass is 16.5.